The quantitative estimate of drug-likeness (QED) is 0.730. The molecule has 1 rings (SSSR count). The lowest BCUT2D eigenvalue weighted by molar-refractivity contribution is 0.00999. The van der Waals surface area contributed by atoms with Crippen LogP contribution in [-0.2, 0) is 4.74 Å². The predicted octanol–water partition coefficient (Wildman–Crippen LogP) is 3.51. The molecule has 0 bridgehead atoms. The average Bonchev–Trinajstić information content (AvgIpc) is 2.41. The van der Waals surface area contributed by atoms with Crippen LogP contribution in [0.4, 0.5) is 4.79 Å². The molecule has 1 atom stereocenters. The van der Waals surface area contributed by atoms with Crippen molar-refractivity contribution in [2.24, 2.45) is 0 Å². The van der Waals surface area contributed by atoms with Gasteiger partial charge in [-0.2, -0.15) is 11.8 Å². The molecule has 1 N–H and O–H groups in total. The van der Waals surface area contributed by atoms with Crippen molar-refractivity contribution in [1.29, 1.82) is 0 Å². The van der Waals surface area contributed by atoms with Gasteiger partial charge in [-0.25, -0.2) is 4.79 Å². The lowest BCUT2D eigenvalue weighted by Crippen LogP contribution is -2.50. The molecule has 0 aliphatic carbocycles. The molecule has 1 amide bonds. The van der Waals surface area contributed by atoms with Crippen molar-refractivity contribution in [3.05, 3.63) is 0 Å². The second kappa shape index (κ2) is 9.57. The van der Waals surface area contributed by atoms with Gasteiger partial charge in [0.25, 0.3) is 0 Å². The fourth-order valence-corrected chi connectivity index (χ4v) is 3.12. The molecule has 0 aromatic carbocycles. The molecule has 0 aromatic rings. The van der Waals surface area contributed by atoms with Crippen molar-refractivity contribution in [2.45, 2.75) is 65.0 Å². The van der Waals surface area contributed by atoms with E-state index in [0.717, 1.165) is 32.5 Å². The summed E-state index contributed by atoms with van der Waals surface area (Å²) in [7, 11) is 0. The van der Waals surface area contributed by atoms with Crippen LogP contribution < -0.4 is 5.32 Å². The number of amides is 1. The van der Waals surface area contributed by atoms with Gasteiger partial charge in [0.05, 0.1) is 0 Å². The van der Waals surface area contributed by atoms with Gasteiger partial charge in [0.2, 0.25) is 0 Å². The Balaban J connectivity index is 2.33. The number of carbonyl (C=O) groups is 1. The van der Waals surface area contributed by atoms with Gasteiger partial charge in [0.15, 0.2) is 0 Å². The Hall–Kier alpha value is -0.420. The number of piperidine rings is 1. The number of nitrogens with one attached hydrogen (secondary N) is 1. The van der Waals surface area contributed by atoms with Crippen LogP contribution in [0.3, 0.4) is 0 Å². The summed E-state index contributed by atoms with van der Waals surface area (Å²) in [5.41, 5.74) is -0.413. The number of thioether (sulfide) groups is 1. The van der Waals surface area contributed by atoms with Crippen LogP contribution in [0.5, 0.6) is 0 Å². The molecule has 124 valence electrons. The van der Waals surface area contributed by atoms with Crippen LogP contribution in [0.15, 0.2) is 0 Å². The van der Waals surface area contributed by atoms with E-state index in [9.17, 15) is 4.79 Å². The first-order valence-electron chi connectivity index (χ1n) is 8.22. The summed E-state index contributed by atoms with van der Waals surface area (Å²) in [5, 5.41) is 3.50. The van der Waals surface area contributed by atoms with Crippen LogP contribution in [0.2, 0.25) is 0 Å². The maximum absolute atomic E-state index is 12.3. The highest BCUT2D eigenvalue weighted by Gasteiger charge is 2.29. The molecule has 0 aromatic heterocycles. The summed E-state index contributed by atoms with van der Waals surface area (Å²) < 4.78 is 5.52. The van der Waals surface area contributed by atoms with E-state index in [4.69, 9.17) is 4.74 Å². The third-order valence-electron chi connectivity index (χ3n) is 3.48. The summed E-state index contributed by atoms with van der Waals surface area (Å²) in [4.78, 5) is 14.2. The van der Waals surface area contributed by atoms with E-state index in [1.165, 1.54) is 24.3 Å². The summed E-state index contributed by atoms with van der Waals surface area (Å²) in [6.45, 7) is 10.7. The maximum atomic E-state index is 12.3. The standard InChI is InChI=1S/C16H32N2O2S/c1-5-21-12-8-10-17-13-14-9-6-7-11-18(14)15(19)20-16(2,3)4/h14,17H,5-13H2,1-4H3. The number of hydrogen-bond acceptors (Lipinski definition) is 4. The van der Waals surface area contributed by atoms with Gasteiger partial charge in [-0.1, -0.05) is 6.92 Å². The number of likely N-dealkylation sites (tertiary alicyclic amines) is 1. The molecule has 1 fully saturated rings. The third kappa shape index (κ3) is 7.96. The van der Waals surface area contributed by atoms with E-state index in [1.54, 1.807) is 0 Å². The highest BCUT2D eigenvalue weighted by atomic mass is 32.2. The Labute approximate surface area is 134 Å². The smallest absolute Gasteiger partial charge is 0.410 e. The zero-order chi connectivity index (χ0) is 15.7. The molecule has 4 nitrogen and oxygen atoms in total. The van der Waals surface area contributed by atoms with Crippen LogP contribution >= 0.6 is 11.8 Å². The van der Waals surface area contributed by atoms with Crippen molar-refractivity contribution in [2.75, 3.05) is 31.1 Å². The van der Waals surface area contributed by atoms with Crippen LogP contribution in [0.25, 0.3) is 0 Å². The first-order valence-corrected chi connectivity index (χ1v) is 9.37. The van der Waals surface area contributed by atoms with Crippen LogP contribution in [0, 0.1) is 0 Å². The minimum absolute atomic E-state index is 0.157. The Morgan fingerprint density at radius 1 is 1.38 bits per heavy atom. The van der Waals surface area contributed by atoms with Gasteiger partial charge in [-0.15, -0.1) is 0 Å². The molecule has 5 heteroatoms. The van der Waals surface area contributed by atoms with E-state index in [-0.39, 0.29) is 12.1 Å². The maximum Gasteiger partial charge on any atom is 0.410 e. The van der Waals surface area contributed by atoms with E-state index >= 15 is 0 Å². The number of rotatable bonds is 7. The normalized spacial score (nSPS) is 19.6. The van der Waals surface area contributed by atoms with E-state index in [1.807, 2.05) is 37.4 Å². The molecular formula is C16H32N2O2S. The largest absolute Gasteiger partial charge is 0.444 e. The highest BCUT2D eigenvalue weighted by Crippen LogP contribution is 2.20. The second-order valence-electron chi connectivity index (χ2n) is 6.58. The molecule has 21 heavy (non-hydrogen) atoms. The first-order chi connectivity index (χ1) is 9.94. The Morgan fingerprint density at radius 3 is 2.81 bits per heavy atom. The molecular weight excluding hydrogens is 284 g/mol. The van der Waals surface area contributed by atoms with E-state index in [0.29, 0.717) is 0 Å². The molecule has 0 saturated carbocycles. The van der Waals surface area contributed by atoms with Gasteiger partial charge in [0.1, 0.15) is 5.60 Å². The highest BCUT2D eigenvalue weighted by molar-refractivity contribution is 7.99. The Kier molecular flexibility index (Phi) is 8.49. The SMILES string of the molecule is CCSCCCNCC1CCCCN1C(=O)OC(C)(C)C. The molecule has 1 heterocycles. The second-order valence-corrected chi connectivity index (χ2v) is 7.97. The molecule has 1 unspecified atom stereocenters. The van der Waals surface area contributed by atoms with Crippen molar-refractivity contribution < 1.29 is 9.53 Å². The van der Waals surface area contributed by atoms with Crippen LogP contribution in [-0.4, -0.2) is 53.8 Å². The number of carbonyl (C=O) groups excluding carboxylic acids is 1. The molecule has 1 aliphatic rings. The van der Waals surface area contributed by atoms with Gasteiger partial charge in [0, 0.05) is 19.1 Å². The molecule has 1 aliphatic heterocycles. The molecule has 1 saturated heterocycles. The fourth-order valence-electron chi connectivity index (χ4n) is 2.49. The number of ether oxygens (including phenoxy) is 1. The van der Waals surface area contributed by atoms with Gasteiger partial charge >= 0.3 is 6.09 Å². The van der Waals surface area contributed by atoms with Crippen LogP contribution in [0.1, 0.15) is 53.4 Å². The minimum Gasteiger partial charge on any atom is -0.444 e. The average molecular weight is 317 g/mol. The molecule has 0 radical (unpaired) electrons. The number of hydrogen-bond donors (Lipinski definition) is 1. The zero-order valence-corrected chi connectivity index (χ0v) is 14.9. The summed E-state index contributed by atoms with van der Waals surface area (Å²) in [6, 6.07) is 0.285. The van der Waals surface area contributed by atoms with Crippen molar-refractivity contribution in [3.63, 3.8) is 0 Å². The molecule has 0 spiro atoms. The van der Waals surface area contributed by atoms with Gasteiger partial charge < -0.3 is 15.0 Å². The Morgan fingerprint density at radius 2 is 2.14 bits per heavy atom. The summed E-state index contributed by atoms with van der Waals surface area (Å²) in [5.74, 6) is 2.40. The van der Waals surface area contributed by atoms with E-state index in [2.05, 4.69) is 12.2 Å². The lowest BCUT2D eigenvalue weighted by Gasteiger charge is -2.37. The topological polar surface area (TPSA) is 41.6 Å². The lowest BCUT2D eigenvalue weighted by atomic mass is 10.0. The third-order valence-corrected chi connectivity index (χ3v) is 4.47. The van der Waals surface area contributed by atoms with Gasteiger partial charge in [-0.05, 0) is 64.5 Å². The predicted molar refractivity (Wildman–Crippen MR) is 91.1 cm³/mol. The van der Waals surface area contributed by atoms with Gasteiger partial charge in [-0.3, -0.25) is 0 Å². The van der Waals surface area contributed by atoms with E-state index < -0.39 is 5.60 Å². The number of nitrogens with zero attached hydrogens (tertiary/aromatic N) is 1. The summed E-state index contributed by atoms with van der Waals surface area (Å²) in [6.07, 6.45) is 4.41. The monoisotopic (exact) mass is 316 g/mol. The van der Waals surface area contributed by atoms with Crippen molar-refractivity contribution in [3.8, 4) is 0 Å². The van der Waals surface area contributed by atoms with Crippen molar-refractivity contribution in [1.82, 2.24) is 10.2 Å². The Bertz CT molecular complexity index is 305. The fraction of sp³-hybridized carbons (Fsp3) is 0.938. The minimum atomic E-state index is -0.413. The summed E-state index contributed by atoms with van der Waals surface area (Å²) >= 11 is 1.98. The zero-order valence-electron chi connectivity index (χ0n) is 14.1. The first kappa shape index (κ1) is 18.6. The van der Waals surface area contributed by atoms with Crippen molar-refractivity contribution >= 4 is 17.9 Å².